The molecule has 0 spiro atoms. The van der Waals surface area contributed by atoms with Crippen molar-refractivity contribution in [2.45, 2.75) is 13.0 Å². The fraction of sp³-hybridized carbons (Fsp3) is 0.231. The summed E-state index contributed by atoms with van der Waals surface area (Å²) in [5, 5.41) is 4.11. The lowest BCUT2D eigenvalue weighted by Crippen LogP contribution is -2.25. The van der Waals surface area contributed by atoms with Crippen LogP contribution in [0.4, 0.5) is 13.6 Å². The van der Waals surface area contributed by atoms with Crippen LogP contribution in [0.25, 0.3) is 11.3 Å². The minimum Gasteiger partial charge on any atom is -0.376 e. The van der Waals surface area contributed by atoms with Crippen molar-refractivity contribution in [3.8, 4) is 11.3 Å². The summed E-state index contributed by atoms with van der Waals surface area (Å²) in [4.78, 5) is 11.4. The molecule has 1 aliphatic heterocycles. The quantitative estimate of drug-likeness (QED) is 0.865. The highest BCUT2D eigenvalue weighted by Gasteiger charge is 2.24. The number of carbonyl (C=O) groups is 1. The molecule has 0 unspecified atom stereocenters. The second-order valence-corrected chi connectivity index (χ2v) is 4.46. The van der Waals surface area contributed by atoms with Crippen molar-refractivity contribution in [2.75, 3.05) is 6.61 Å². The predicted molar refractivity (Wildman–Crippen MR) is 65.9 cm³/mol. The maximum atomic E-state index is 13.3. The van der Waals surface area contributed by atoms with Crippen molar-refractivity contribution in [3.63, 3.8) is 0 Å². The molecule has 20 heavy (non-hydrogen) atoms. The molecule has 5 nitrogen and oxygen atoms in total. The van der Waals surface area contributed by atoms with Gasteiger partial charge in [0.2, 0.25) is 0 Å². The molecule has 1 amide bonds. The van der Waals surface area contributed by atoms with E-state index < -0.39 is 17.7 Å². The SMILES string of the molecule is NC(=O)n1nc(-c2ccc(F)c(F)c2)c2c1CCOC2. The maximum absolute atomic E-state index is 13.3. The van der Waals surface area contributed by atoms with E-state index in [1.165, 1.54) is 6.07 Å². The topological polar surface area (TPSA) is 70.1 Å². The van der Waals surface area contributed by atoms with Gasteiger partial charge in [-0.05, 0) is 18.2 Å². The van der Waals surface area contributed by atoms with Gasteiger partial charge >= 0.3 is 6.03 Å². The Morgan fingerprint density at radius 1 is 1.35 bits per heavy atom. The molecule has 7 heteroatoms. The molecule has 0 radical (unpaired) electrons. The van der Waals surface area contributed by atoms with Crippen LogP contribution in [-0.4, -0.2) is 22.4 Å². The van der Waals surface area contributed by atoms with Gasteiger partial charge in [-0.25, -0.2) is 13.6 Å². The number of fused-ring (bicyclic) bond motifs is 1. The van der Waals surface area contributed by atoms with Crippen LogP contribution in [0.1, 0.15) is 11.3 Å². The standard InChI is InChI=1S/C13H11F2N3O2/c14-9-2-1-7(5-10(9)15)12-8-6-20-4-3-11(8)18(17-12)13(16)19/h1-2,5H,3-4,6H2,(H2,16,19). The fourth-order valence-electron chi connectivity index (χ4n) is 2.29. The zero-order valence-electron chi connectivity index (χ0n) is 10.4. The maximum Gasteiger partial charge on any atom is 0.339 e. The highest BCUT2D eigenvalue weighted by Crippen LogP contribution is 2.29. The van der Waals surface area contributed by atoms with Crippen molar-refractivity contribution < 1.29 is 18.3 Å². The van der Waals surface area contributed by atoms with Crippen LogP contribution in [0, 0.1) is 11.6 Å². The van der Waals surface area contributed by atoms with E-state index in [2.05, 4.69) is 5.10 Å². The molecule has 104 valence electrons. The average Bonchev–Trinajstić information content (AvgIpc) is 2.82. The molecule has 2 aromatic rings. The molecule has 1 aliphatic rings. The van der Waals surface area contributed by atoms with Crippen LogP contribution in [0.3, 0.4) is 0 Å². The Balaban J connectivity index is 2.18. The van der Waals surface area contributed by atoms with Gasteiger partial charge < -0.3 is 10.5 Å². The fourth-order valence-corrected chi connectivity index (χ4v) is 2.29. The number of halogens is 2. The van der Waals surface area contributed by atoms with Crippen LogP contribution >= 0.6 is 0 Å². The minimum atomic E-state index is -0.971. The second kappa shape index (κ2) is 4.68. The van der Waals surface area contributed by atoms with Crippen molar-refractivity contribution in [3.05, 3.63) is 41.1 Å². The van der Waals surface area contributed by atoms with E-state index in [0.29, 0.717) is 35.5 Å². The molecule has 0 saturated heterocycles. The van der Waals surface area contributed by atoms with E-state index in [-0.39, 0.29) is 6.61 Å². The Bertz CT molecular complexity index is 697. The highest BCUT2D eigenvalue weighted by molar-refractivity contribution is 5.77. The van der Waals surface area contributed by atoms with Gasteiger partial charge in [0.1, 0.15) is 0 Å². The summed E-state index contributed by atoms with van der Waals surface area (Å²) in [6, 6.07) is 2.75. The van der Waals surface area contributed by atoms with Crippen LogP contribution in [0.15, 0.2) is 18.2 Å². The minimum absolute atomic E-state index is 0.261. The Morgan fingerprint density at radius 3 is 2.85 bits per heavy atom. The Labute approximate surface area is 112 Å². The molecule has 1 aromatic heterocycles. The van der Waals surface area contributed by atoms with E-state index >= 15 is 0 Å². The molecule has 0 aliphatic carbocycles. The molecular weight excluding hydrogens is 268 g/mol. The molecule has 3 rings (SSSR count). The number of ether oxygens (including phenoxy) is 1. The smallest absolute Gasteiger partial charge is 0.339 e. The summed E-state index contributed by atoms with van der Waals surface area (Å²) in [6.45, 7) is 0.722. The first-order valence-electron chi connectivity index (χ1n) is 6.01. The molecule has 0 fully saturated rings. The van der Waals surface area contributed by atoms with Crippen LogP contribution < -0.4 is 5.73 Å². The molecule has 2 N–H and O–H groups in total. The van der Waals surface area contributed by atoms with E-state index in [4.69, 9.17) is 10.5 Å². The lowest BCUT2D eigenvalue weighted by Gasteiger charge is -2.13. The summed E-state index contributed by atoms with van der Waals surface area (Å²) in [7, 11) is 0. The van der Waals surface area contributed by atoms with Crippen molar-refractivity contribution in [2.24, 2.45) is 5.73 Å². The Morgan fingerprint density at radius 2 is 2.15 bits per heavy atom. The molecular formula is C13H11F2N3O2. The summed E-state index contributed by atoms with van der Waals surface area (Å²) in [6.07, 6.45) is 0.495. The lowest BCUT2D eigenvalue weighted by molar-refractivity contribution is 0.109. The normalized spacial score (nSPS) is 14.1. The van der Waals surface area contributed by atoms with E-state index in [1.807, 2.05) is 0 Å². The number of carbonyl (C=O) groups excluding carboxylic acids is 1. The van der Waals surface area contributed by atoms with Gasteiger partial charge in [0, 0.05) is 17.5 Å². The molecule has 2 heterocycles. The number of nitrogens with two attached hydrogens (primary N) is 1. The molecule has 0 saturated carbocycles. The third kappa shape index (κ3) is 1.96. The third-order valence-electron chi connectivity index (χ3n) is 3.22. The summed E-state index contributed by atoms with van der Waals surface area (Å²) < 4.78 is 32.7. The molecule has 0 atom stereocenters. The van der Waals surface area contributed by atoms with Crippen LogP contribution in [0.2, 0.25) is 0 Å². The number of primary amides is 1. The number of hydrogen-bond acceptors (Lipinski definition) is 3. The first kappa shape index (κ1) is 12.7. The van der Waals surface area contributed by atoms with Crippen molar-refractivity contribution >= 4 is 6.03 Å². The number of nitrogens with zero attached hydrogens (tertiary/aromatic N) is 2. The average molecular weight is 279 g/mol. The van der Waals surface area contributed by atoms with Gasteiger partial charge in [-0.3, -0.25) is 0 Å². The number of benzene rings is 1. The van der Waals surface area contributed by atoms with Gasteiger partial charge in [0.15, 0.2) is 11.6 Å². The van der Waals surface area contributed by atoms with Gasteiger partial charge in [0.25, 0.3) is 0 Å². The monoisotopic (exact) mass is 279 g/mol. The zero-order chi connectivity index (χ0) is 14.3. The second-order valence-electron chi connectivity index (χ2n) is 4.46. The van der Waals surface area contributed by atoms with Crippen LogP contribution in [0.5, 0.6) is 0 Å². The van der Waals surface area contributed by atoms with Gasteiger partial charge in [0.05, 0.1) is 24.6 Å². The predicted octanol–water partition coefficient (Wildman–Crippen LogP) is 1.83. The van der Waals surface area contributed by atoms with Gasteiger partial charge in [-0.2, -0.15) is 9.78 Å². The Hall–Kier alpha value is -2.28. The van der Waals surface area contributed by atoms with E-state index in [9.17, 15) is 13.6 Å². The largest absolute Gasteiger partial charge is 0.376 e. The summed E-state index contributed by atoms with van der Waals surface area (Å²) in [5.41, 5.74) is 7.37. The third-order valence-corrected chi connectivity index (χ3v) is 3.22. The van der Waals surface area contributed by atoms with E-state index in [0.717, 1.165) is 16.8 Å². The number of amides is 1. The van der Waals surface area contributed by atoms with Crippen LogP contribution in [-0.2, 0) is 17.8 Å². The summed E-state index contributed by atoms with van der Waals surface area (Å²) in [5.74, 6) is -1.91. The number of aromatic nitrogens is 2. The van der Waals surface area contributed by atoms with Crippen molar-refractivity contribution in [1.82, 2.24) is 9.78 Å². The summed E-state index contributed by atoms with van der Waals surface area (Å²) >= 11 is 0. The highest BCUT2D eigenvalue weighted by atomic mass is 19.2. The molecule has 0 bridgehead atoms. The van der Waals surface area contributed by atoms with E-state index in [1.54, 1.807) is 0 Å². The number of rotatable bonds is 1. The molecule has 1 aromatic carbocycles. The first-order chi connectivity index (χ1) is 9.58. The Kier molecular flexibility index (Phi) is 2.98. The first-order valence-corrected chi connectivity index (χ1v) is 6.01. The van der Waals surface area contributed by atoms with Gasteiger partial charge in [-0.15, -0.1) is 0 Å². The lowest BCUT2D eigenvalue weighted by atomic mass is 10.0. The van der Waals surface area contributed by atoms with Crippen molar-refractivity contribution in [1.29, 1.82) is 0 Å². The zero-order valence-corrected chi connectivity index (χ0v) is 10.4. The number of hydrogen-bond donors (Lipinski definition) is 1. The van der Waals surface area contributed by atoms with Gasteiger partial charge in [-0.1, -0.05) is 0 Å².